The minimum absolute atomic E-state index is 0.0581. The van der Waals surface area contributed by atoms with Crippen LogP contribution in [0.5, 0.6) is 0 Å². The van der Waals surface area contributed by atoms with Crippen molar-refractivity contribution in [3.63, 3.8) is 0 Å². The second-order valence-corrected chi connectivity index (χ2v) is 11.9. The molecule has 0 spiro atoms. The molecule has 0 atom stereocenters. The number of nitrogens with zero attached hydrogens (tertiary/aromatic N) is 4. The minimum atomic E-state index is -0.169. The minimum Gasteiger partial charge on any atom is -0.459 e. The van der Waals surface area contributed by atoms with Crippen molar-refractivity contribution in [1.82, 2.24) is 19.4 Å². The molecule has 0 bridgehead atoms. The summed E-state index contributed by atoms with van der Waals surface area (Å²) < 4.78 is 7.46. The van der Waals surface area contributed by atoms with Crippen LogP contribution in [0.4, 0.5) is 0 Å². The average molecular weight is 585 g/mol. The lowest BCUT2D eigenvalue weighted by Gasteiger charge is -2.34. The maximum absolute atomic E-state index is 14.0. The van der Waals surface area contributed by atoms with Crippen molar-refractivity contribution in [3.8, 4) is 16.1 Å². The summed E-state index contributed by atoms with van der Waals surface area (Å²) in [6.45, 7) is 5.71. The molecule has 1 saturated heterocycles. The first-order valence-electron chi connectivity index (χ1n) is 13.3. The Labute approximate surface area is 245 Å². The fraction of sp³-hybridized carbons (Fsp3) is 0.226. The predicted octanol–water partition coefficient (Wildman–Crippen LogP) is 5.40. The smallest absolute Gasteiger partial charge is 0.289 e. The van der Waals surface area contributed by atoms with Gasteiger partial charge in [-0.25, -0.2) is 4.98 Å². The van der Waals surface area contributed by atoms with E-state index in [4.69, 9.17) is 9.40 Å². The van der Waals surface area contributed by atoms with Crippen LogP contribution < -0.4 is 5.56 Å². The number of fused-ring (bicyclic) bond motifs is 1. The van der Waals surface area contributed by atoms with E-state index in [-0.39, 0.29) is 23.1 Å². The molecule has 0 N–H and O–H groups in total. The molecule has 3 aromatic heterocycles. The molecule has 1 aliphatic heterocycles. The van der Waals surface area contributed by atoms with Gasteiger partial charge in [-0.15, -0.1) is 11.3 Å². The van der Waals surface area contributed by atoms with Crippen LogP contribution in [0.3, 0.4) is 0 Å². The number of amides is 2. The quantitative estimate of drug-likeness (QED) is 0.196. The molecule has 2 aromatic carbocycles. The Morgan fingerprint density at radius 3 is 2.44 bits per heavy atom. The van der Waals surface area contributed by atoms with Crippen LogP contribution in [0.2, 0.25) is 0 Å². The third-order valence-electron chi connectivity index (χ3n) is 7.16. The van der Waals surface area contributed by atoms with Crippen molar-refractivity contribution in [3.05, 3.63) is 100 Å². The number of piperazine rings is 1. The summed E-state index contributed by atoms with van der Waals surface area (Å²) in [5, 5.41) is 0.480. The van der Waals surface area contributed by atoms with Crippen LogP contribution in [0.1, 0.15) is 21.7 Å². The summed E-state index contributed by atoms with van der Waals surface area (Å²) in [6, 6.07) is 21.2. The van der Waals surface area contributed by atoms with Gasteiger partial charge in [0.2, 0.25) is 5.91 Å². The van der Waals surface area contributed by atoms with Crippen molar-refractivity contribution in [2.75, 3.05) is 31.9 Å². The van der Waals surface area contributed by atoms with Crippen molar-refractivity contribution >= 4 is 45.1 Å². The van der Waals surface area contributed by atoms with Crippen molar-refractivity contribution < 1.29 is 14.0 Å². The molecule has 0 unspecified atom stereocenters. The monoisotopic (exact) mass is 584 g/mol. The van der Waals surface area contributed by atoms with Gasteiger partial charge in [0.05, 0.1) is 23.2 Å². The summed E-state index contributed by atoms with van der Waals surface area (Å²) in [4.78, 5) is 49.2. The molecule has 8 nitrogen and oxygen atoms in total. The number of thiophene rings is 1. The lowest BCUT2D eigenvalue weighted by Crippen LogP contribution is -2.51. The van der Waals surface area contributed by atoms with Crippen molar-refractivity contribution in [2.24, 2.45) is 0 Å². The molecular weight excluding hydrogens is 556 g/mol. The summed E-state index contributed by atoms with van der Waals surface area (Å²) >= 11 is 2.70. The molecule has 208 valence electrons. The molecule has 4 heterocycles. The molecule has 1 aliphatic rings. The highest BCUT2D eigenvalue weighted by Crippen LogP contribution is 2.33. The molecule has 0 aliphatic carbocycles. The van der Waals surface area contributed by atoms with Gasteiger partial charge >= 0.3 is 0 Å². The van der Waals surface area contributed by atoms with Gasteiger partial charge in [-0.2, -0.15) is 0 Å². The first-order chi connectivity index (χ1) is 19.9. The summed E-state index contributed by atoms with van der Waals surface area (Å²) in [6.07, 6.45) is 1.48. The second-order valence-electron chi connectivity index (χ2n) is 9.95. The van der Waals surface area contributed by atoms with Crippen LogP contribution >= 0.6 is 23.1 Å². The molecule has 0 saturated carbocycles. The van der Waals surface area contributed by atoms with E-state index in [0.29, 0.717) is 47.3 Å². The van der Waals surface area contributed by atoms with E-state index in [1.54, 1.807) is 26.5 Å². The number of furan rings is 1. The van der Waals surface area contributed by atoms with E-state index < -0.39 is 0 Å². The zero-order valence-electron chi connectivity index (χ0n) is 22.7. The van der Waals surface area contributed by atoms with Gasteiger partial charge in [-0.05, 0) is 54.8 Å². The number of hydrogen-bond donors (Lipinski definition) is 0. The van der Waals surface area contributed by atoms with E-state index in [2.05, 4.69) is 0 Å². The van der Waals surface area contributed by atoms with Gasteiger partial charge in [-0.3, -0.25) is 19.0 Å². The molecule has 41 heavy (non-hydrogen) atoms. The Kier molecular flexibility index (Phi) is 7.51. The largest absolute Gasteiger partial charge is 0.459 e. The summed E-state index contributed by atoms with van der Waals surface area (Å²) in [5.74, 6) is 0.203. The van der Waals surface area contributed by atoms with Gasteiger partial charge in [0.15, 0.2) is 10.9 Å². The Morgan fingerprint density at radius 2 is 1.71 bits per heavy atom. The van der Waals surface area contributed by atoms with Crippen LogP contribution in [0.25, 0.3) is 26.3 Å². The number of rotatable bonds is 6. The highest BCUT2D eigenvalue weighted by atomic mass is 32.2. The highest BCUT2D eigenvalue weighted by Gasteiger charge is 2.27. The first-order valence-corrected chi connectivity index (χ1v) is 15.1. The normalized spacial score (nSPS) is 13.6. The van der Waals surface area contributed by atoms with Crippen LogP contribution in [-0.2, 0) is 4.79 Å². The molecular formula is C31H28N4O4S2. The summed E-state index contributed by atoms with van der Waals surface area (Å²) in [5.41, 5.74) is 4.25. The fourth-order valence-electron chi connectivity index (χ4n) is 4.91. The predicted molar refractivity (Wildman–Crippen MR) is 162 cm³/mol. The van der Waals surface area contributed by atoms with E-state index in [1.807, 2.05) is 68.4 Å². The lowest BCUT2D eigenvalue weighted by molar-refractivity contribution is -0.129. The van der Waals surface area contributed by atoms with Gasteiger partial charge in [-0.1, -0.05) is 54.2 Å². The highest BCUT2D eigenvalue weighted by molar-refractivity contribution is 7.99. The zero-order valence-corrected chi connectivity index (χ0v) is 24.3. The summed E-state index contributed by atoms with van der Waals surface area (Å²) in [7, 11) is 0. The van der Waals surface area contributed by atoms with Gasteiger partial charge in [0.1, 0.15) is 4.70 Å². The maximum atomic E-state index is 14.0. The molecule has 1 fully saturated rings. The Bertz CT molecular complexity index is 1790. The molecule has 2 amide bonds. The number of carbonyl (C=O) groups is 2. The fourth-order valence-corrected chi connectivity index (χ4v) is 6.85. The topological polar surface area (TPSA) is 88.7 Å². The number of benzene rings is 2. The molecule has 6 rings (SSSR count). The van der Waals surface area contributed by atoms with Crippen molar-refractivity contribution in [2.45, 2.75) is 19.0 Å². The van der Waals surface area contributed by atoms with Gasteiger partial charge in [0, 0.05) is 31.1 Å². The zero-order chi connectivity index (χ0) is 28.5. The Morgan fingerprint density at radius 1 is 0.951 bits per heavy atom. The standard InChI is InChI=1S/C31H28N4O4S2/c1-20-10-11-21(2)24(17-20)35-30(38)28-23(18-26(41-28)22-7-4-3-5-8-22)32-31(35)40-19-27(36)33-12-14-34(15-13-33)29(37)25-9-6-16-39-25/h3-11,16-18H,12-15,19H2,1-2H3. The molecule has 10 heteroatoms. The van der Waals surface area contributed by atoms with Gasteiger partial charge < -0.3 is 14.2 Å². The Hall–Kier alpha value is -4.15. The van der Waals surface area contributed by atoms with E-state index in [0.717, 1.165) is 27.3 Å². The van der Waals surface area contributed by atoms with Crippen LogP contribution in [0, 0.1) is 13.8 Å². The number of aromatic nitrogens is 2. The van der Waals surface area contributed by atoms with Crippen molar-refractivity contribution in [1.29, 1.82) is 0 Å². The van der Waals surface area contributed by atoms with E-state index in [9.17, 15) is 14.4 Å². The Balaban J connectivity index is 1.27. The van der Waals surface area contributed by atoms with E-state index in [1.165, 1.54) is 29.4 Å². The maximum Gasteiger partial charge on any atom is 0.289 e. The van der Waals surface area contributed by atoms with Crippen LogP contribution in [-0.4, -0.2) is 63.1 Å². The third kappa shape index (κ3) is 5.45. The number of hydrogen-bond acceptors (Lipinski definition) is 7. The number of aryl methyl sites for hydroxylation is 2. The number of thioether (sulfide) groups is 1. The average Bonchev–Trinajstić information content (AvgIpc) is 3.69. The molecule has 5 aromatic rings. The van der Waals surface area contributed by atoms with Crippen LogP contribution in [0.15, 0.2) is 87.4 Å². The van der Waals surface area contributed by atoms with E-state index >= 15 is 0 Å². The first kappa shape index (κ1) is 27.0. The van der Waals surface area contributed by atoms with Gasteiger partial charge in [0.25, 0.3) is 11.5 Å². The second kappa shape index (κ2) is 11.4. The third-order valence-corrected chi connectivity index (χ3v) is 9.24. The molecule has 0 radical (unpaired) electrons. The number of carbonyl (C=O) groups excluding carboxylic acids is 2. The lowest BCUT2D eigenvalue weighted by atomic mass is 10.1. The SMILES string of the molecule is Cc1ccc(C)c(-n2c(SCC(=O)N3CCN(C(=O)c4ccco4)CC3)nc3cc(-c4ccccc4)sc3c2=O)c1.